The molecule has 7 heteroatoms. The number of rotatable bonds is 5. The van der Waals surface area contributed by atoms with Gasteiger partial charge in [-0.25, -0.2) is 4.99 Å². The predicted molar refractivity (Wildman–Crippen MR) is 111 cm³/mol. The molecular weight excluding hydrogens is 609 g/mol. The minimum Gasteiger partial charge on any atom is -0.466 e. The van der Waals surface area contributed by atoms with Gasteiger partial charge in [0.2, 0.25) is 0 Å². The van der Waals surface area contributed by atoms with E-state index < -0.39 is 0 Å². The maximum atomic E-state index is 12.0. The molecule has 0 fully saturated rings. The summed E-state index contributed by atoms with van der Waals surface area (Å²) in [6, 6.07) is 2.05. The summed E-state index contributed by atoms with van der Waals surface area (Å²) in [6.07, 6.45) is 1.77. The highest BCUT2D eigenvalue weighted by atomic mass is 127. The summed E-state index contributed by atoms with van der Waals surface area (Å²) in [5.41, 5.74) is 1.89. The van der Waals surface area contributed by atoms with E-state index in [4.69, 9.17) is 4.74 Å². The molecule has 0 aliphatic carbocycles. The van der Waals surface area contributed by atoms with Crippen molar-refractivity contribution in [3.63, 3.8) is 0 Å². The summed E-state index contributed by atoms with van der Waals surface area (Å²) in [6.45, 7) is 4.09. The van der Waals surface area contributed by atoms with Crippen molar-refractivity contribution in [1.82, 2.24) is 4.90 Å². The molecular formula is C14H17I3N2O2. The monoisotopic (exact) mass is 626 g/mol. The summed E-state index contributed by atoms with van der Waals surface area (Å²) in [7, 11) is 3.86. The standard InChI is InChI=1S/C14H17I3N2O2/c1-5-21-14(20)8(2)11-9(15)6-10(16)13(12(11)17)18-7-19(3)4/h6-8H,5H2,1-4H3. The molecule has 1 rings (SSSR count). The first-order valence-electron chi connectivity index (χ1n) is 6.34. The first kappa shape index (κ1) is 19.4. The summed E-state index contributed by atoms with van der Waals surface area (Å²) >= 11 is 6.81. The van der Waals surface area contributed by atoms with Crippen molar-refractivity contribution in [3.8, 4) is 0 Å². The molecule has 0 aromatic heterocycles. The topological polar surface area (TPSA) is 41.9 Å². The van der Waals surface area contributed by atoms with Crippen molar-refractivity contribution in [2.24, 2.45) is 4.99 Å². The van der Waals surface area contributed by atoms with Crippen LogP contribution in [0.2, 0.25) is 0 Å². The average Bonchev–Trinajstić information content (AvgIpc) is 2.37. The van der Waals surface area contributed by atoms with Gasteiger partial charge in [-0.15, -0.1) is 0 Å². The Balaban J connectivity index is 3.33. The second-order valence-corrected chi connectivity index (χ2v) is 8.00. The van der Waals surface area contributed by atoms with Crippen molar-refractivity contribution >= 4 is 85.8 Å². The van der Waals surface area contributed by atoms with E-state index in [-0.39, 0.29) is 11.9 Å². The molecule has 116 valence electrons. The van der Waals surface area contributed by atoms with Gasteiger partial charge in [0.15, 0.2) is 0 Å². The predicted octanol–water partition coefficient (Wildman–Crippen LogP) is 4.39. The van der Waals surface area contributed by atoms with Crippen LogP contribution in [0.4, 0.5) is 5.69 Å². The summed E-state index contributed by atoms with van der Waals surface area (Å²) in [5, 5.41) is 0. The lowest BCUT2D eigenvalue weighted by Gasteiger charge is -2.17. The average molecular weight is 626 g/mol. The van der Waals surface area contributed by atoms with Crippen LogP contribution in [0.5, 0.6) is 0 Å². The summed E-state index contributed by atoms with van der Waals surface area (Å²) in [5.74, 6) is -0.494. The maximum Gasteiger partial charge on any atom is 0.313 e. The molecule has 0 N–H and O–H groups in total. The molecule has 0 saturated heterocycles. The number of nitrogens with zero attached hydrogens (tertiary/aromatic N) is 2. The molecule has 21 heavy (non-hydrogen) atoms. The number of hydrogen-bond donors (Lipinski definition) is 0. The molecule has 1 unspecified atom stereocenters. The molecule has 0 aliphatic heterocycles. The highest BCUT2D eigenvalue weighted by Crippen LogP contribution is 2.37. The Morgan fingerprint density at radius 2 is 2.00 bits per heavy atom. The molecule has 1 atom stereocenters. The van der Waals surface area contributed by atoms with E-state index in [0.717, 1.165) is 22.0 Å². The normalized spacial score (nSPS) is 12.5. The zero-order chi connectivity index (χ0) is 16.2. The first-order valence-corrected chi connectivity index (χ1v) is 9.57. The van der Waals surface area contributed by atoms with Gasteiger partial charge in [0.05, 0.1) is 24.6 Å². The number of benzene rings is 1. The number of halogens is 3. The minimum absolute atomic E-state index is 0.197. The van der Waals surface area contributed by atoms with E-state index in [1.165, 1.54) is 0 Å². The van der Waals surface area contributed by atoms with E-state index in [9.17, 15) is 4.79 Å². The highest BCUT2D eigenvalue weighted by Gasteiger charge is 2.24. The quantitative estimate of drug-likeness (QED) is 0.211. The lowest BCUT2D eigenvalue weighted by atomic mass is 10.0. The highest BCUT2D eigenvalue weighted by molar-refractivity contribution is 14.1. The number of carbonyl (C=O) groups excluding carboxylic acids is 1. The van der Waals surface area contributed by atoms with E-state index >= 15 is 0 Å². The number of aliphatic imine (C=N–C) groups is 1. The van der Waals surface area contributed by atoms with Gasteiger partial charge in [0, 0.05) is 24.8 Å². The van der Waals surface area contributed by atoms with Gasteiger partial charge in [-0.2, -0.15) is 0 Å². The van der Waals surface area contributed by atoms with Crippen molar-refractivity contribution in [3.05, 3.63) is 22.3 Å². The fourth-order valence-corrected chi connectivity index (χ4v) is 6.25. The fraction of sp³-hybridized carbons (Fsp3) is 0.429. The van der Waals surface area contributed by atoms with Crippen LogP contribution in [0.1, 0.15) is 25.3 Å². The minimum atomic E-state index is -0.297. The Labute approximate surface area is 166 Å². The van der Waals surface area contributed by atoms with Gasteiger partial charge < -0.3 is 9.64 Å². The SMILES string of the molecule is CCOC(=O)C(C)c1c(I)cc(I)c(N=CN(C)C)c1I. The first-order chi connectivity index (χ1) is 9.79. The molecule has 0 amide bonds. The third-order valence-corrected chi connectivity index (χ3v) is 5.48. The van der Waals surface area contributed by atoms with Crippen LogP contribution < -0.4 is 0 Å². The fourth-order valence-electron chi connectivity index (χ4n) is 1.67. The maximum absolute atomic E-state index is 12.0. The van der Waals surface area contributed by atoms with Gasteiger partial charge in [-0.05, 0) is 93.2 Å². The Kier molecular flexibility index (Phi) is 8.17. The van der Waals surface area contributed by atoms with Crippen LogP contribution in [0.3, 0.4) is 0 Å². The number of hydrogen-bond acceptors (Lipinski definition) is 3. The number of carbonyl (C=O) groups is 1. The van der Waals surface area contributed by atoms with Crippen molar-refractivity contribution in [1.29, 1.82) is 0 Å². The van der Waals surface area contributed by atoms with E-state index in [1.807, 2.05) is 32.8 Å². The van der Waals surface area contributed by atoms with E-state index in [1.54, 1.807) is 6.34 Å². The van der Waals surface area contributed by atoms with Gasteiger partial charge in [-0.1, -0.05) is 0 Å². The second kappa shape index (κ2) is 8.85. The Hall–Kier alpha value is 0.350. The molecule has 4 nitrogen and oxygen atoms in total. The molecule has 0 saturated carbocycles. The van der Waals surface area contributed by atoms with Crippen molar-refractivity contribution in [2.75, 3.05) is 20.7 Å². The molecule has 0 bridgehead atoms. The smallest absolute Gasteiger partial charge is 0.313 e. The zero-order valence-corrected chi connectivity index (χ0v) is 18.8. The third kappa shape index (κ3) is 5.19. The van der Waals surface area contributed by atoms with Crippen molar-refractivity contribution in [2.45, 2.75) is 19.8 Å². The lowest BCUT2D eigenvalue weighted by Crippen LogP contribution is -2.16. The summed E-state index contributed by atoms with van der Waals surface area (Å²) in [4.78, 5) is 18.4. The van der Waals surface area contributed by atoms with Crippen LogP contribution in [0.15, 0.2) is 11.1 Å². The largest absolute Gasteiger partial charge is 0.466 e. The number of esters is 1. The molecule has 0 heterocycles. The Bertz CT molecular complexity index is 560. The van der Waals surface area contributed by atoms with Crippen LogP contribution in [-0.4, -0.2) is 37.9 Å². The zero-order valence-electron chi connectivity index (χ0n) is 12.3. The molecule has 1 aromatic rings. The van der Waals surface area contributed by atoms with E-state index in [2.05, 4.69) is 78.8 Å². The second-order valence-electron chi connectivity index (χ2n) is 4.60. The molecule has 0 aliphatic rings. The molecule has 0 radical (unpaired) electrons. The van der Waals surface area contributed by atoms with Crippen LogP contribution in [0.25, 0.3) is 0 Å². The summed E-state index contributed by atoms with van der Waals surface area (Å²) < 4.78 is 8.27. The Morgan fingerprint density at radius 3 is 2.52 bits per heavy atom. The van der Waals surface area contributed by atoms with Crippen LogP contribution in [0, 0.1) is 10.7 Å². The van der Waals surface area contributed by atoms with Gasteiger partial charge in [-0.3, -0.25) is 4.79 Å². The van der Waals surface area contributed by atoms with Crippen molar-refractivity contribution < 1.29 is 9.53 Å². The van der Waals surface area contributed by atoms with Gasteiger partial charge in [0.1, 0.15) is 0 Å². The van der Waals surface area contributed by atoms with Crippen LogP contribution in [-0.2, 0) is 9.53 Å². The van der Waals surface area contributed by atoms with E-state index in [0.29, 0.717) is 6.61 Å². The van der Waals surface area contributed by atoms with Gasteiger partial charge >= 0.3 is 5.97 Å². The Morgan fingerprint density at radius 1 is 1.38 bits per heavy atom. The third-order valence-electron chi connectivity index (χ3n) is 2.67. The van der Waals surface area contributed by atoms with Gasteiger partial charge in [0.25, 0.3) is 0 Å². The lowest BCUT2D eigenvalue weighted by molar-refractivity contribution is -0.144. The number of ether oxygens (including phenoxy) is 1. The molecule has 0 spiro atoms. The van der Waals surface area contributed by atoms with Crippen LogP contribution >= 0.6 is 67.8 Å². The molecule has 1 aromatic carbocycles.